The zero-order valence-electron chi connectivity index (χ0n) is 16.3. The summed E-state index contributed by atoms with van der Waals surface area (Å²) in [6, 6.07) is 7.78. The molecule has 1 saturated carbocycles. The Morgan fingerprint density at radius 3 is 2.70 bits per heavy atom. The zero-order valence-corrected chi connectivity index (χ0v) is 16.3. The lowest BCUT2D eigenvalue weighted by atomic mass is 10.1. The summed E-state index contributed by atoms with van der Waals surface area (Å²) in [6.45, 7) is 3.18. The number of rotatable bonds is 6. The molecule has 1 aliphatic carbocycles. The fraction of sp³-hybridized carbons (Fsp3) is 0.600. The predicted octanol–water partition coefficient (Wildman–Crippen LogP) is 0.979. The van der Waals surface area contributed by atoms with E-state index in [-0.39, 0.29) is 17.9 Å². The standard InChI is InChI=1S/C20H29FN4O2/c1-23(2)12-14-5-4-6-15(9-14)20(27)25-8-7-24(3)16(13-25)11-22-19(26)17-10-18(17)21/h4-6,9,16-18H,7-8,10-13H2,1-3H3,(H,22,26)/t16?,17-,18+/m0/s1. The minimum atomic E-state index is -0.985. The summed E-state index contributed by atoms with van der Waals surface area (Å²) >= 11 is 0. The van der Waals surface area contributed by atoms with Gasteiger partial charge < -0.3 is 15.1 Å². The van der Waals surface area contributed by atoms with Crippen LogP contribution in [0.1, 0.15) is 22.3 Å². The van der Waals surface area contributed by atoms with Crippen molar-refractivity contribution in [1.82, 2.24) is 20.0 Å². The second kappa shape index (κ2) is 8.35. The summed E-state index contributed by atoms with van der Waals surface area (Å²) < 4.78 is 13.0. The van der Waals surface area contributed by atoms with Gasteiger partial charge in [0.1, 0.15) is 6.17 Å². The summed E-state index contributed by atoms with van der Waals surface area (Å²) in [5.74, 6) is -0.669. The number of piperazine rings is 1. The first-order chi connectivity index (χ1) is 12.8. The van der Waals surface area contributed by atoms with Crippen LogP contribution in [0.15, 0.2) is 24.3 Å². The van der Waals surface area contributed by atoms with Gasteiger partial charge in [-0.05, 0) is 45.3 Å². The van der Waals surface area contributed by atoms with Crippen LogP contribution in [-0.4, -0.2) is 86.0 Å². The molecule has 3 atom stereocenters. The van der Waals surface area contributed by atoms with Gasteiger partial charge in [0, 0.05) is 44.3 Å². The maximum absolute atomic E-state index is 13.0. The summed E-state index contributed by atoms with van der Waals surface area (Å²) in [5, 5.41) is 2.84. The van der Waals surface area contributed by atoms with Crippen molar-refractivity contribution in [2.45, 2.75) is 25.2 Å². The molecule has 1 unspecified atom stereocenters. The van der Waals surface area contributed by atoms with Crippen LogP contribution >= 0.6 is 0 Å². The highest BCUT2D eigenvalue weighted by Gasteiger charge is 2.43. The number of likely N-dealkylation sites (N-methyl/N-ethyl adjacent to an activating group) is 1. The Kier molecular flexibility index (Phi) is 6.11. The van der Waals surface area contributed by atoms with Crippen LogP contribution < -0.4 is 5.32 Å². The van der Waals surface area contributed by atoms with E-state index in [2.05, 4.69) is 15.1 Å². The van der Waals surface area contributed by atoms with Crippen molar-refractivity contribution in [2.75, 3.05) is 47.3 Å². The fourth-order valence-corrected chi connectivity index (χ4v) is 3.49. The Bertz CT molecular complexity index is 696. The average molecular weight is 376 g/mol. The lowest BCUT2D eigenvalue weighted by Gasteiger charge is -2.39. The smallest absolute Gasteiger partial charge is 0.253 e. The van der Waals surface area contributed by atoms with Gasteiger partial charge in [-0.15, -0.1) is 0 Å². The average Bonchev–Trinajstić information content (AvgIpc) is 3.36. The predicted molar refractivity (Wildman–Crippen MR) is 102 cm³/mol. The van der Waals surface area contributed by atoms with Gasteiger partial charge in [-0.1, -0.05) is 12.1 Å². The first-order valence-electron chi connectivity index (χ1n) is 9.50. The Morgan fingerprint density at radius 1 is 1.30 bits per heavy atom. The molecular formula is C20H29FN4O2. The van der Waals surface area contributed by atoms with Crippen molar-refractivity contribution in [3.05, 3.63) is 35.4 Å². The van der Waals surface area contributed by atoms with Gasteiger partial charge >= 0.3 is 0 Å². The molecule has 3 rings (SSSR count). The summed E-state index contributed by atoms with van der Waals surface area (Å²) in [6.07, 6.45) is -0.651. The Morgan fingerprint density at radius 2 is 2.04 bits per heavy atom. The molecule has 1 aromatic carbocycles. The first-order valence-corrected chi connectivity index (χ1v) is 9.50. The van der Waals surface area contributed by atoms with Crippen molar-refractivity contribution in [3.8, 4) is 0 Å². The molecule has 0 aromatic heterocycles. The maximum Gasteiger partial charge on any atom is 0.253 e. The molecule has 148 valence electrons. The first kappa shape index (κ1) is 19.8. The summed E-state index contributed by atoms with van der Waals surface area (Å²) in [5.41, 5.74) is 1.80. The minimum Gasteiger partial charge on any atom is -0.354 e. The molecule has 0 spiro atoms. The molecule has 2 amide bonds. The second-order valence-electron chi connectivity index (χ2n) is 7.93. The molecule has 2 aliphatic rings. The number of nitrogens with one attached hydrogen (secondary N) is 1. The van der Waals surface area contributed by atoms with E-state index < -0.39 is 12.1 Å². The molecule has 1 aromatic rings. The highest BCUT2D eigenvalue weighted by molar-refractivity contribution is 5.94. The monoisotopic (exact) mass is 376 g/mol. The van der Waals surface area contributed by atoms with Crippen molar-refractivity contribution in [3.63, 3.8) is 0 Å². The van der Waals surface area contributed by atoms with E-state index in [0.717, 1.165) is 18.7 Å². The minimum absolute atomic E-state index is 0.0195. The Balaban J connectivity index is 1.59. The highest BCUT2D eigenvalue weighted by Crippen LogP contribution is 2.33. The maximum atomic E-state index is 13.0. The van der Waals surface area contributed by atoms with E-state index in [1.807, 2.05) is 50.3 Å². The normalized spacial score (nSPS) is 25.5. The lowest BCUT2D eigenvalue weighted by molar-refractivity contribution is -0.123. The number of carbonyl (C=O) groups is 2. The van der Waals surface area contributed by atoms with E-state index in [4.69, 9.17) is 0 Å². The Hall–Kier alpha value is -1.99. The molecule has 1 N–H and O–H groups in total. The molecule has 1 aliphatic heterocycles. The number of nitrogens with zero attached hydrogens (tertiary/aromatic N) is 3. The number of alkyl halides is 1. The molecule has 7 heteroatoms. The molecular weight excluding hydrogens is 347 g/mol. The van der Waals surface area contributed by atoms with Crippen LogP contribution in [0.3, 0.4) is 0 Å². The number of halogens is 1. The number of amides is 2. The third-order valence-corrected chi connectivity index (χ3v) is 5.30. The van der Waals surface area contributed by atoms with Crippen LogP contribution in [0, 0.1) is 5.92 Å². The van der Waals surface area contributed by atoms with Gasteiger partial charge in [0.15, 0.2) is 0 Å². The largest absolute Gasteiger partial charge is 0.354 e. The van der Waals surface area contributed by atoms with E-state index in [9.17, 15) is 14.0 Å². The van der Waals surface area contributed by atoms with Crippen LogP contribution in [-0.2, 0) is 11.3 Å². The van der Waals surface area contributed by atoms with Gasteiger partial charge in [-0.3, -0.25) is 14.5 Å². The highest BCUT2D eigenvalue weighted by atomic mass is 19.1. The molecule has 1 heterocycles. The molecule has 27 heavy (non-hydrogen) atoms. The SMILES string of the molecule is CN(C)Cc1cccc(C(=O)N2CCN(C)C(CNC(=O)[C@H]3C[C@H]3F)C2)c1. The molecule has 2 fully saturated rings. The van der Waals surface area contributed by atoms with E-state index >= 15 is 0 Å². The molecule has 0 radical (unpaired) electrons. The third kappa shape index (κ3) is 5.05. The topological polar surface area (TPSA) is 55.9 Å². The van der Waals surface area contributed by atoms with Gasteiger partial charge in [0.05, 0.1) is 5.92 Å². The summed E-state index contributed by atoms with van der Waals surface area (Å²) in [4.78, 5) is 30.9. The van der Waals surface area contributed by atoms with Crippen molar-refractivity contribution in [1.29, 1.82) is 0 Å². The van der Waals surface area contributed by atoms with Gasteiger partial charge in [-0.25, -0.2) is 4.39 Å². The van der Waals surface area contributed by atoms with Gasteiger partial charge in [0.25, 0.3) is 5.91 Å². The van der Waals surface area contributed by atoms with Gasteiger partial charge in [0.2, 0.25) is 5.91 Å². The quantitative estimate of drug-likeness (QED) is 0.804. The molecule has 0 bridgehead atoms. The summed E-state index contributed by atoms with van der Waals surface area (Å²) in [7, 11) is 5.99. The number of hydrogen-bond acceptors (Lipinski definition) is 4. The van der Waals surface area contributed by atoms with Crippen LogP contribution in [0.4, 0.5) is 4.39 Å². The number of hydrogen-bond donors (Lipinski definition) is 1. The second-order valence-corrected chi connectivity index (χ2v) is 7.93. The lowest BCUT2D eigenvalue weighted by Crippen LogP contribution is -2.57. The van der Waals surface area contributed by atoms with Crippen LogP contribution in [0.5, 0.6) is 0 Å². The Labute approximate surface area is 160 Å². The van der Waals surface area contributed by atoms with Crippen LogP contribution in [0.25, 0.3) is 0 Å². The van der Waals surface area contributed by atoms with E-state index in [1.165, 1.54) is 0 Å². The van der Waals surface area contributed by atoms with Crippen molar-refractivity contribution < 1.29 is 14.0 Å². The van der Waals surface area contributed by atoms with Crippen LogP contribution in [0.2, 0.25) is 0 Å². The molecule has 1 saturated heterocycles. The molecule has 6 nitrogen and oxygen atoms in total. The third-order valence-electron chi connectivity index (χ3n) is 5.30. The number of benzene rings is 1. The van der Waals surface area contributed by atoms with Crippen molar-refractivity contribution >= 4 is 11.8 Å². The van der Waals surface area contributed by atoms with Crippen molar-refractivity contribution in [2.24, 2.45) is 5.92 Å². The van der Waals surface area contributed by atoms with E-state index in [0.29, 0.717) is 31.6 Å². The zero-order chi connectivity index (χ0) is 19.6. The number of carbonyl (C=O) groups excluding carboxylic acids is 2. The fourth-order valence-electron chi connectivity index (χ4n) is 3.49. The van der Waals surface area contributed by atoms with E-state index in [1.54, 1.807) is 0 Å². The van der Waals surface area contributed by atoms with Gasteiger partial charge in [-0.2, -0.15) is 0 Å².